The van der Waals surface area contributed by atoms with Gasteiger partial charge in [-0.15, -0.1) is 0 Å². The smallest absolute Gasteiger partial charge is 0.253 e. The van der Waals surface area contributed by atoms with Crippen LogP contribution in [0.4, 0.5) is 0 Å². The summed E-state index contributed by atoms with van der Waals surface area (Å²) in [6.07, 6.45) is 6.53. The molecule has 3 heterocycles. The summed E-state index contributed by atoms with van der Waals surface area (Å²) < 4.78 is 0. The summed E-state index contributed by atoms with van der Waals surface area (Å²) in [6, 6.07) is 8.12. The maximum absolute atomic E-state index is 12.5. The fraction of sp³-hybridized carbons (Fsp3) is 0.636. The summed E-state index contributed by atoms with van der Waals surface area (Å²) in [7, 11) is 0. The van der Waals surface area contributed by atoms with E-state index in [0.29, 0.717) is 5.91 Å². The number of likely N-dealkylation sites (tertiary alicyclic amines) is 3. The quantitative estimate of drug-likeness (QED) is 0.820. The zero-order valence-corrected chi connectivity index (χ0v) is 16.2. The monoisotopic (exact) mass is 369 g/mol. The second kappa shape index (κ2) is 8.42. The number of carbonyl (C=O) groups excluding carboxylic acids is 2. The van der Waals surface area contributed by atoms with Crippen molar-refractivity contribution in [3.8, 4) is 0 Å². The van der Waals surface area contributed by atoms with Crippen molar-refractivity contribution in [2.45, 2.75) is 45.1 Å². The number of carbonyl (C=O) groups is 2. The van der Waals surface area contributed by atoms with Gasteiger partial charge in [0.15, 0.2) is 0 Å². The number of nitrogens with zero attached hydrogens (tertiary/aromatic N) is 3. The lowest BCUT2D eigenvalue weighted by atomic mass is 9.95. The predicted molar refractivity (Wildman–Crippen MR) is 105 cm³/mol. The molecule has 5 nitrogen and oxygen atoms in total. The van der Waals surface area contributed by atoms with Crippen molar-refractivity contribution < 1.29 is 9.59 Å². The SMILES string of the molecule is O=C(c1ccc(CN2CCC(C(=O)N3CCCC3)CC2)cc1)N1CCCC1. The van der Waals surface area contributed by atoms with E-state index in [0.717, 1.165) is 77.1 Å². The number of piperidine rings is 1. The van der Waals surface area contributed by atoms with Crippen LogP contribution in [0.5, 0.6) is 0 Å². The normalized spacial score (nSPS) is 21.8. The Morgan fingerprint density at radius 2 is 1.33 bits per heavy atom. The Labute approximate surface area is 162 Å². The highest BCUT2D eigenvalue weighted by atomic mass is 16.2. The van der Waals surface area contributed by atoms with E-state index in [1.165, 1.54) is 18.4 Å². The average Bonchev–Trinajstić information content (AvgIpc) is 3.42. The fourth-order valence-corrected chi connectivity index (χ4v) is 4.65. The lowest BCUT2D eigenvalue weighted by molar-refractivity contribution is -0.136. The minimum Gasteiger partial charge on any atom is -0.342 e. The molecule has 0 saturated carbocycles. The molecule has 3 saturated heterocycles. The zero-order chi connectivity index (χ0) is 18.6. The highest BCUT2D eigenvalue weighted by Gasteiger charge is 2.29. The Hall–Kier alpha value is -1.88. The molecule has 3 aliphatic heterocycles. The predicted octanol–water partition coefficient (Wildman–Crippen LogP) is 2.76. The van der Waals surface area contributed by atoms with Gasteiger partial charge in [-0.1, -0.05) is 12.1 Å². The molecule has 0 radical (unpaired) electrons. The Kier molecular flexibility index (Phi) is 5.77. The van der Waals surface area contributed by atoms with Gasteiger partial charge in [0, 0.05) is 44.2 Å². The van der Waals surface area contributed by atoms with Crippen LogP contribution in [-0.2, 0) is 11.3 Å². The summed E-state index contributed by atoms with van der Waals surface area (Å²) in [5.41, 5.74) is 2.05. The van der Waals surface area contributed by atoms with E-state index in [1.54, 1.807) is 0 Å². The van der Waals surface area contributed by atoms with Crippen LogP contribution in [0.25, 0.3) is 0 Å². The molecule has 5 heteroatoms. The van der Waals surface area contributed by atoms with Crippen LogP contribution >= 0.6 is 0 Å². The Bertz CT molecular complexity index is 653. The van der Waals surface area contributed by atoms with Crippen LogP contribution in [0.15, 0.2) is 24.3 Å². The second-order valence-electron chi connectivity index (χ2n) is 8.28. The first kappa shape index (κ1) is 18.5. The second-order valence-corrected chi connectivity index (χ2v) is 8.28. The minimum atomic E-state index is 0.167. The molecule has 0 unspecified atom stereocenters. The fourth-order valence-electron chi connectivity index (χ4n) is 4.65. The van der Waals surface area contributed by atoms with Crippen LogP contribution in [-0.4, -0.2) is 65.8 Å². The summed E-state index contributed by atoms with van der Waals surface area (Å²) in [6.45, 7) is 6.58. The standard InChI is InChI=1S/C22H31N3O2/c26-21(24-11-1-2-12-24)19-7-5-18(6-8-19)17-23-15-9-20(10-16-23)22(27)25-13-3-4-14-25/h5-8,20H,1-4,9-17H2. The first-order chi connectivity index (χ1) is 13.2. The van der Waals surface area contributed by atoms with E-state index in [2.05, 4.69) is 21.9 Å². The summed E-state index contributed by atoms with van der Waals surface area (Å²) in [5, 5.41) is 0. The van der Waals surface area contributed by atoms with Crippen LogP contribution < -0.4 is 0 Å². The summed E-state index contributed by atoms with van der Waals surface area (Å²) in [4.78, 5) is 31.4. The zero-order valence-electron chi connectivity index (χ0n) is 16.2. The van der Waals surface area contributed by atoms with E-state index < -0.39 is 0 Å². The number of hydrogen-bond acceptors (Lipinski definition) is 3. The molecular formula is C22H31N3O2. The molecule has 0 spiro atoms. The maximum Gasteiger partial charge on any atom is 0.253 e. The molecule has 3 aliphatic rings. The van der Waals surface area contributed by atoms with Crippen molar-refractivity contribution in [1.29, 1.82) is 0 Å². The average molecular weight is 370 g/mol. The molecule has 4 rings (SSSR count). The third-order valence-electron chi connectivity index (χ3n) is 6.35. The lowest BCUT2D eigenvalue weighted by Gasteiger charge is -2.33. The van der Waals surface area contributed by atoms with E-state index in [-0.39, 0.29) is 11.8 Å². The third kappa shape index (κ3) is 4.34. The maximum atomic E-state index is 12.5. The number of benzene rings is 1. The van der Waals surface area contributed by atoms with Gasteiger partial charge >= 0.3 is 0 Å². The Balaban J connectivity index is 1.26. The molecule has 1 aromatic carbocycles. The van der Waals surface area contributed by atoms with Crippen molar-refractivity contribution in [3.05, 3.63) is 35.4 Å². The summed E-state index contributed by atoms with van der Waals surface area (Å²) >= 11 is 0. The van der Waals surface area contributed by atoms with Gasteiger partial charge in [-0.3, -0.25) is 14.5 Å². The van der Waals surface area contributed by atoms with Crippen LogP contribution in [0.3, 0.4) is 0 Å². The van der Waals surface area contributed by atoms with Crippen molar-refractivity contribution in [2.75, 3.05) is 39.3 Å². The molecule has 3 fully saturated rings. The first-order valence-corrected chi connectivity index (χ1v) is 10.6. The van der Waals surface area contributed by atoms with Crippen molar-refractivity contribution in [2.24, 2.45) is 5.92 Å². The molecule has 2 amide bonds. The molecule has 0 aromatic heterocycles. The number of amides is 2. The van der Waals surface area contributed by atoms with Crippen molar-refractivity contribution in [3.63, 3.8) is 0 Å². The van der Waals surface area contributed by atoms with Gasteiger partial charge in [0.25, 0.3) is 5.91 Å². The van der Waals surface area contributed by atoms with E-state index in [4.69, 9.17) is 0 Å². The van der Waals surface area contributed by atoms with Gasteiger partial charge in [0.1, 0.15) is 0 Å². The molecule has 0 aliphatic carbocycles. The van der Waals surface area contributed by atoms with E-state index >= 15 is 0 Å². The molecule has 27 heavy (non-hydrogen) atoms. The molecular weight excluding hydrogens is 338 g/mol. The van der Waals surface area contributed by atoms with Gasteiger partial charge in [0.05, 0.1) is 0 Å². The van der Waals surface area contributed by atoms with Gasteiger partial charge in [-0.25, -0.2) is 0 Å². The minimum absolute atomic E-state index is 0.167. The molecule has 146 valence electrons. The number of hydrogen-bond donors (Lipinski definition) is 0. The van der Waals surface area contributed by atoms with Gasteiger partial charge in [0.2, 0.25) is 5.91 Å². The molecule has 1 aromatic rings. The Morgan fingerprint density at radius 1 is 0.778 bits per heavy atom. The van der Waals surface area contributed by atoms with Crippen LogP contribution in [0.2, 0.25) is 0 Å². The highest BCUT2D eigenvalue weighted by Crippen LogP contribution is 2.23. The van der Waals surface area contributed by atoms with E-state index in [9.17, 15) is 9.59 Å². The van der Waals surface area contributed by atoms with Gasteiger partial charge in [-0.2, -0.15) is 0 Å². The lowest BCUT2D eigenvalue weighted by Crippen LogP contribution is -2.41. The van der Waals surface area contributed by atoms with Crippen molar-refractivity contribution in [1.82, 2.24) is 14.7 Å². The number of rotatable bonds is 4. The first-order valence-electron chi connectivity index (χ1n) is 10.6. The molecule has 0 N–H and O–H groups in total. The summed E-state index contributed by atoms with van der Waals surface area (Å²) in [5.74, 6) is 0.775. The van der Waals surface area contributed by atoms with Crippen LogP contribution in [0.1, 0.15) is 54.4 Å². The van der Waals surface area contributed by atoms with Crippen molar-refractivity contribution >= 4 is 11.8 Å². The largest absolute Gasteiger partial charge is 0.342 e. The van der Waals surface area contributed by atoms with Crippen LogP contribution in [0, 0.1) is 5.92 Å². The molecule has 0 bridgehead atoms. The Morgan fingerprint density at radius 3 is 1.93 bits per heavy atom. The van der Waals surface area contributed by atoms with Gasteiger partial charge in [-0.05, 0) is 69.3 Å². The van der Waals surface area contributed by atoms with Gasteiger partial charge < -0.3 is 9.80 Å². The molecule has 0 atom stereocenters. The highest BCUT2D eigenvalue weighted by molar-refractivity contribution is 5.94. The third-order valence-corrected chi connectivity index (χ3v) is 6.35. The van der Waals surface area contributed by atoms with E-state index in [1.807, 2.05) is 17.0 Å². The topological polar surface area (TPSA) is 43.9 Å².